The minimum atomic E-state index is -0.370. The highest BCUT2D eigenvalue weighted by molar-refractivity contribution is 5.28. The monoisotopic (exact) mass is 246 g/mol. The first-order valence-electron chi connectivity index (χ1n) is 6.57. The zero-order valence-corrected chi connectivity index (χ0v) is 12.1. The average molecular weight is 246 g/mol. The van der Waals surface area contributed by atoms with E-state index in [2.05, 4.69) is 56.8 Å². The molecule has 0 radical (unpaired) electrons. The van der Waals surface area contributed by atoms with Gasteiger partial charge in [0.25, 0.3) is 0 Å². The van der Waals surface area contributed by atoms with Crippen LogP contribution in [-0.4, -0.2) is 25.0 Å². The number of nitrogens with two attached hydrogens (primary N) is 1. The summed E-state index contributed by atoms with van der Waals surface area (Å²) in [5.41, 5.74) is 8.72. The molecule has 1 rings (SSSR count). The number of likely N-dealkylation sites (N-methyl/N-ethyl adjacent to an activating group) is 1. The van der Waals surface area contributed by atoms with Crippen LogP contribution in [0, 0.1) is 0 Å². The quantitative estimate of drug-likeness (QED) is 0.781. The van der Waals surface area contributed by atoms with Crippen LogP contribution < -0.4 is 5.73 Å². The van der Waals surface area contributed by atoms with Crippen molar-refractivity contribution in [1.82, 2.24) is 4.90 Å². The van der Waals surface area contributed by atoms with E-state index in [1.54, 1.807) is 0 Å². The molecule has 0 saturated carbocycles. The summed E-state index contributed by atoms with van der Waals surface area (Å²) in [5.74, 6) is 0. The predicted octanol–water partition coefficient (Wildman–Crippen LogP) is 3.15. The molecule has 100 valence electrons. The van der Waals surface area contributed by atoms with Crippen LogP contribution in [-0.2, 0) is 5.54 Å². The van der Waals surface area contributed by atoms with Crippen LogP contribution in [0.3, 0.4) is 0 Å². The van der Waals surface area contributed by atoms with Gasteiger partial charge in [-0.2, -0.15) is 0 Å². The molecule has 0 amide bonds. The minimum absolute atomic E-state index is 0.302. The number of hydrogen-bond donors (Lipinski definition) is 1. The van der Waals surface area contributed by atoms with E-state index >= 15 is 0 Å². The molecule has 2 unspecified atom stereocenters. The number of nitrogens with zero attached hydrogens (tertiary/aromatic N) is 1. The van der Waals surface area contributed by atoms with E-state index in [0.29, 0.717) is 6.04 Å². The topological polar surface area (TPSA) is 29.3 Å². The second-order valence-corrected chi connectivity index (χ2v) is 5.43. The molecule has 0 aliphatic rings. The first-order chi connectivity index (χ1) is 8.41. The molecule has 2 atom stereocenters. The molecule has 2 N–H and O–H groups in total. The van der Waals surface area contributed by atoms with Crippen molar-refractivity contribution in [2.75, 3.05) is 14.1 Å². The molecule has 0 bridgehead atoms. The summed E-state index contributed by atoms with van der Waals surface area (Å²) >= 11 is 0. The van der Waals surface area contributed by atoms with E-state index in [1.165, 1.54) is 5.56 Å². The van der Waals surface area contributed by atoms with Crippen LogP contribution in [0.15, 0.2) is 42.5 Å². The summed E-state index contributed by atoms with van der Waals surface area (Å²) in [4.78, 5) is 2.22. The molecule has 0 saturated heterocycles. The van der Waals surface area contributed by atoms with Crippen molar-refractivity contribution in [3.05, 3.63) is 48.0 Å². The number of rotatable bonds is 6. The van der Waals surface area contributed by atoms with Gasteiger partial charge in [-0.25, -0.2) is 0 Å². The average Bonchev–Trinajstić information content (AvgIpc) is 2.29. The van der Waals surface area contributed by atoms with E-state index in [9.17, 15) is 0 Å². The molecule has 2 heteroatoms. The maximum Gasteiger partial charge on any atom is 0.0604 e. The second-order valence-electron chi connectivity index (χ2n) is 5.43. The third-order valence-electron chi connectivity index (χ3n) is 3.51. The van der Waals surface area contributed by atoms with Crippen molar-refractivity contribution in [2.24, 2.45) is 5.73 Å². The highest BCUT2D eigenvalue weighted by Crippen LogP contribution is 2.32. The Bertz CT molecular complexity index is 383. The zero-order valence-electron chi connectivity index (χ0n) is 12.1. The van der Waals surface area contributed by atoms with Gasteiger partial charge < -0.3 is 10.6 Å². The van der Waals surface area contributed by atoms with Gasteiger partial charge in [-0.05, 0) is 39.4 Å². The van der Waals surface area contributed by atoms with Crippen LogP contribution in [0.25, 0.3) is 0 Å². The lowest BCUT2D eigenvalue weighted by Crippen LogP contribution is -2.54. The zero-order chi connectivity index (χ0) is 13.8. The van der Waals surface area contributed by atoms with Gasteiger partial charge in [0.15, 0.2) is 0 Å². The van der Waals surface area contributed by atoms with Crippen LogP contribution in [0.1, 0.15) is 32.3 Å². The van der Waals surface area contributed by atoms with Crippen LogP contribution in [0.5, 0.6) is 0 Å². The van der Waals surface area contributed by atoms with E-state index in [0.717, 1.165) is 18.4 Å². The van der Waals surface area contributed by atoms with Crippen molar-refractivity contribution in [2.45, 2.75) is 38.3 Å². The van der Waals surface area contributed by atoms with Crippen molar-refractivity contribution >= 4 is 0 Å². The molecule has 2 nitrogen and oxygen atoms in total. The first kappa shape index (κ1) is 14.9. The third kappa shape index (κ3) is 3.21. The molecule has 0 aliphatic heterocycles. The fourth-order valence-electron chi connectivity index (χ4n) is 2.85. The van der Waals surface area contributed by atoms with Crippen molar-refractivity contribution in [1.29, 1.82) is 0 Å². The maximum absolute atomic E-state index is 6.77. The van der Waals surface area contributed by atoms with Gasteiger partial charge in [-0.1, -0.05) is 42.8 Å². The summed E-state index contributed by atoms with van der Waals surface area (Å²) in [6, 6.07) is 10.7. The predicted molar refractivity (Wildman–Crippen MR) is 79.5 cm³/mol. The van der Waals surface area contributed by atoms with E-state index in [-0.39, 0.29) is 5.54 Å². The second kappa shape index (κ2) is 6.17. The first-order valence-corrected chi connectivity index (χ1v) is 6.57. The van der Waals surface area contributed by atoms with Gasteiger partial charge in [0.05, 0.1) is 5.54 Å². The Hall–Kier alpha value is -1.12. The Morgan fingerprint density at radius 2 is 1.89 bits per heavy atom. The Morgan fingerprint density at radius 1 is 1.33 bits per heavy atom. The lowest BCUT2D eigenvalue weighted by Gasteiger charge is -2.41. The van der Waals surface area contributed by atoms with Crippen LogP contribution in [0.4, 0.5) is 0 Å². The molecule has 1 aromatic carbocycles. The van der Waals surface area contributed by atoms with Gasteiger partial charge in [-0.15, -0.1) is 6.58 Å². The fraction of sp³-hybridized carbons (Fsp3) is 0.500. The maximum atomic E-state index is 6.77. The Labute approximate surface area is 111 Å². The van der Waals surface area contributed by atoms with E-state index in [1.807, 2.05) is 13.0 Å². The highest BCUT2D eigenvalue weighted by Gasteiger charge is 2.36. The van der Waals surface area contributed by atoms with Gasteiger partial charge in [0.2, 0.25) is 0 Å². The van der Waals surface area contributed by atoms with Crippen LogP contribution in [0.2, 0.25) is 0 Å². The summed E-state index contributed by atoms with van der Waals surface area (Å²) in [6.07, 6.45) is 1.83. The van der Waals surface area contributed by atoms with Crippen molar-refractivity contribution in [3.63, 3.8) is 0 Å². The molecule has 0 aliphatic carbocycles. The lowest BCUT2D eigenvalue weighted by molar-refractivity contribution is 0.168. The fourth-order valence-corrected chi connectivity index (χ4v) is 2.85. The molecule has 0 aromatic heterocycles. The van der Waals surface area contributed by atoms with Gasteiger partial charge >= 0.3 is 0 Å². The molecule has 18 heavy (non-hydrogen) atoms. The number of hydrogen-bond acceptors (Lipinski definition) is 2. The molecule has 0 heterocycles. The summed E-state index contributed by atoms with van der Waals surface area (Å²) in [5, 5.41) is 0. The normalized spacial score (nSPS) is 16.3. The Morgan fingerprint density at radius 3 is 2.28 bits per heavy atom. The standard InChI is InChI=1S/C16H26N2/c1-6-15(18(4)5)16(17,12-13(2)3)14-10-8-7-9-11-14/h7-11,15H,2,6,12,17H2,1,3-5H3. The van der Waals surface area contributed by atoms with Crippen molar-refractivity contribution < 1.29 is 0 Å². The van der Waals surface area contributed by atoms with Gasteiger partial charge in [0.1, 0.15) is 0 Å². The third-order valence-corrected chi connectivity index (χ3v) is 3.51. The smallest absolute Gasteiger partial charge is 0.0604 e. The molecule has 1 aromatic rings. The molecule has 0 spiro atoms. The lowest BCUT2D eigenvalue weighted by atomic mass is 9.77. The summed E-state index contributed by atoms with van der Waals surface area (Å²) in [7, 11) is 4.19. The Balaban J connectivity index is 3.21. The number of benzene rings is 1. The van der Waals surface area contributed by atoms with Gasteiger partial charge in [0, 0.05) is 6.04 Å². The molecule has 0 fully saturated rings. The summed E-state index contributed by atoms with van der Waals surface area (Å²) in [6.45, 7) is 8.28. The van der Waals surface area contributed by atoms with E-state index < -0.39 is 0 Å². The SMILES string of the molecule is C=C(C)CC(N)(c1ccccc1)C(CC)N(C)C. The largest absolute Gasteiger partial charge is 0.320 e. The summed E-state index contributed by atoms with van der Waals surface area (Å²) < 4.78 is 0. The minimum Gasteiger partial charge on any atom is -0.320 e. The molecular formula is C16H26N2. The highest BCUT2D eigenvalue weighted by atomic mass is 15.1. The van der Waals surface area contributed by atoms with E-state index in [4.69, 9.17) is 5.73 Å². The molecular weight excluding hydrogens is 220 g/mol. The van der Waals surface area contributed by atoms with Gasteiger partial charge in [-0.3, -0.25) is 0 Å². The Kier molecular flexibility index (Phi) is 5.12. The van der Waals surface area contributed by atoms with Crippen LogP contribution >= 0.6 is 0 Å². The van der Waals surface area contributed by atoms with Crippen molar-refractivity contribution in [3.8, 4) is 0 Å².